The Labute approximate surface area is 224 Å². The molecule has 0 spiro atoms. The van der Waals surface area contributed by atoms with Gasteiger partial charge in [0.05, 0.1) is 24.4 Å². The van der Waals surface area contributed by atoms with Gasteiger partial charge in [0.2, 0.25) is 5.95 Å². The molecule has 2 aliphatic carbocycles. The van der Waals surface area contributed by atoms with Crippen molar-refractivity contribution in [1.29, 1.82) is 0 Å². The first-order chi connectivity index (χ1) is 17.3. The van der Waals surface area contributed by atoms with E-state index in [1.54, 1.807) is 6.33 Å². The zero-order valence-electron chi connectivity index (χ0n) is 21.1. The standard InChI is InChI=1S/C20H19N7.2CH4O3S.2H2O/c1-2-11(1)14-7-8-21-16-6-5-13(9-15(14)16)25-20-26-18-17(22-10-23-18)19(27-20)24-12-3-4-12;2*1-5(2,3)4;;/h5-12H,1-4H2,(H3,22,23,24,25,26,27);2*1H3,(H,2,3,4);2*1H2. The second-order valence-corrected chi connectivity index (χ2v) is 11.8. The Morgan fingerprint density at radius 3 is 2.15 bits per heavy atom. The average Bonchev–Trinajstić information content (AvgIpc) is 3.70. The number of anilines is 3. The largest absolute Gasteiger partial charge is 0.412 e. The molecule has 6 rings (SSSR count). The zero-order chi connectivity index (χ0) is 26.8. The number of nitrogens with one attached hydrogen (secondary N) is 3. The topological polar surface area (TPSA) is 263 Å². The molecule has 0 radical (unpaired) electrons. The van der Waals surface area contributed by atoms with Gasteiger partial charge in [0.25, 0.3) is 20.2 Å². The Hall–Kier alpha value is -3.48. The number of H-pyrrole nitrogens is 1. The quantitative estimate of drug-likeness (QED) is 0.208. The molecule has 3 aromatic heterocycles. The lowest BCUT2D eigenvalue weighted by Crippen LogP contribution is -2.07. The summed E-state index contributed by atoms with van der Waals surface area (Å²) in [4.78, 5) is 21.2. The maximum atomic E-state index is 9.19. The van der Waals surface area contributed by atoms with Crippen LogP contribution in [0.15, 0.2) is 36.8 Å². The van der Waals surface area contributed by atoms with Crippen molar-refractivity contribution in [2.75, 3.05) is 23.1 Å². The average molecular weight is 586 g/mol. The molecule has 0 bridgehead atoms. The van der Waals surface area contributed by atoms with Crippen LogP contribution in [-0.4, -0.2) is 80.4 Å². The van der Waals surface area contributed by atoms with Crippen LogP contribution in [0.3, 0.4) is 0 Å². The lowest BCUT2D eigenvalue weighted by atomic mass is 10.0. The van der Waals surface area contributed by atoms with Crippen LogP contribution in [0.5, 0.6) is 0 Å². The third-order valence-electron chi connectivity index (χ3n) is 5.25. The van der Waals surface area contributed by atoms with E-state index in [1.807, 2.05) is 12.3 Å². The van der Waals surface area contributed by atoms with Gasteiger partial charge in [-0.2, -0.15) is 26.8 Å². The second kappa shape index (κ2) is 12.6. The highest BCUT2D eigenvalue weighted by atomic mass is 32.2. The Balaban J connectivity index is 0.000000387. The number of aromatic nitrogens is 5. The molecule has 9 N–H and O–H groups in total. The number of aromatic amines is 1. The van der Waals surface area contributed by atoms with Crippen LogP contribution in [0.25, 0.3) is 22.1 Å². The summed E-state index contributed by atoms with van der Waals surface area (Å²) in [5.41, 5.74) is 4.91. The Kier molecular flexibility index (Phi) is 10.2. The highest BCUT2D eigenvalue weighted by Gasteiger charge is 2.26. The molecular weight excluding hydrogens is 554 g/mol. The van der Waals surface area contributed by atoms with Gasteiger partial charge in [-0.1, -0.05) is 0 Å². The smallest absolute Gasteiger partial charge is 0.261 e. The van der Waals surface area contributed by atoms with E-state index in [0.29, 0.717) is 30.4 Å². The number of imidazole rings is 1. The van der Waals surface area contributed by atoms with Crippen LogP contribution >= 0.6 is 0 Å². The molecule has 0 unspecified atom stereocenters. The monoisotopic (exact) mass is 585 g/mol. The van der Waals surface area contributed by atoms with Gasteiger partial charge < -0.3 is 26.6 Å². The van der Waals surface area contributed by atoms with Crippen molar-refractivity contribution in [1.82, 2.24) is 24.9 Å². The highest BCUT2D eigenvalue weighted by molar-refractivity contribution is 7.85. The molecule has 2 fully saturated rings. The van der Waals surface area contributed by atoms with E-state index < -0.39 is 20.2 Å². The van der Waals surface area contributed by atoms with Gasteiger partial charge in [-0.25, -0.2) is 4.98 Å². The number of benzene rings is 1. The molecule has 0 amide bonds. The summed E-state index contributed by atoms with van der Waals surface area (Å²) < 4.78 is 51.7. The van der Waals surface area contributed by atoms with Crippen LogP contribution in [0.4, 0.5) is 17.5 Å². The molecule has 39 heavy (non-hydrogen) atoms. The van der Waals surface area contributed by atoms with Crippen LogP contribution in [0, 0.1) is 0 Å². The molecule has 3 heterocycles. The van der Waals surface area contributed by atoms with E-state index in [9.17, 15) is 16.8 Å². The Morgan fingerprint density at radius 1 is 0.923 bits per heavy atom. The number of pyridine rings is 1. The number of nitrogens with zero attached hydrogens (tertiary/aromatic N) is 4. The summed E-state index contributed by atoms with van der Waals surface area (Å²) in [7, 11) is -7.33. The highest BCUT2D eigenvalue weighted by Crippen LogP contribution is 2.43. The normalized spacial score (nSPS) is 14.6. The first kappa shape index (κ1) is 31.7. The van der Waals surface area contributed by atoms with E-state index in [-0.39, 0.29) is 11.0 Å². The van der Waals surface area contributed by atoms with E-state index in [2.05, 4.69) is 53.8 Å². The van der Waals surface area contributed by atoms with Crippen molar-refractivity contribution in [3.63, 3.8) is 0 Å². The summed E-state index contributed by atoms with van der Waals surface area (Å²) in [6.45, 7) is 0. The third kappa shape index (κ3) is 10.3. The summed E-state index contributed by atoms with van der Waals surface area (Å²) >= 11 is 0. The molecule has 0 atom stereocenters. The predicted molar refractivity (Wildman–Crippen MR) is 148 cm³/mol. The lowest BCUT2D eigenvalue weighted by molar-refractivity contribution is 0.488. The third-order valence-corrected chi connectivity index (χ3v) is 5.25. The van der Waals surface area contributed by atoms with Crippen molar-refractivity contribution in [2.45, 2.75) is 37.6 Å². The van der Waals surface area contributed by atoms with Crippen LogP contribution in [0.2, 0.25) is 0 Å². The van der Waals surface area contributed by atoms with E-state index >= 15 is 0 Å². The van der Waals surface area contributed by atoms with Crippen molar-refractivity contribution < 1.29 is 36.9 Å². The molecule has 15 nitrogen and oxygen atoms in total. The fourth-order valence-corrected chi connectivity index (χ4v) is 3.54. The molecule has 0 aliphatic heterocycles. The molecule has 17 heteroatoms. The maximum absolute atomic E-state index is 9.19. The predicted octanol–water partition coefficient (Wildman–Crippen LogP) is 1.45. The molecule has 1 aromatic carbocycles. The minimum atomic E-state index is -3.67. The van der Waals surface area contributed by atoms with Gasteiger partial charge in [-0.3, -0.25) is 14.1 Å². The second-order valence-electron chi connectivity index (χ2n) is 8.91. The maximum Gasteiger partial charge on any atom is 0.261 e. The molecule has 2 aliphatic rings. The Bertz CT molecular complexity index is 1590. The van der Waals surface area contributed by atoms with Gasteiger partial charge >= 0.3 is 0 Å². The first-order valence-corrected chi connectivity index (χ1v) is 15.0. The van der Waals surface area contributed by atoms with Crippen LogP contribution in [0.1, 0.15) is 37.2 Å². The van der Waals surface area contributed by atoms with Gasteiger partial charge in [-0.05, 0) is 61.4 Å². The molecule has 0 saturated heterocycles. The van der Waals surface area contributed by atoms with Crippen LogP contribution < -0.4 is 10.6 Å². The van der Waals surface area contributed by atoms with E-state index in [1.165, 1.54) is 36.6 Å². The van der Waals surface area contributed by atoms with Crippen molar-refractivity contribution in [3.05, 3.63) is 42.4 Å². The molecule has 2 saturated carbocycles. The number of hydrogen-bond acceptors (Lipinski definition) is 10. The van der Waals surface area contributed by atoms with Crippen LogP contribution in [-0.2, 0) is 20.2 Å². The van der Waals surface area contributed by atoms with Gasteiger partial charge in [0, 0.05) is 23.3 Å². The van der Waals surface area contributed by atoms with Crippen molar-refractivity contribution in [2.24, 2.45) is 0 Å². The summed E-state index contributed by atoms with van der Waals surface area (Å²) in [6, 6.07) is 8.89. The fraction of sp³-hybridized carbons (Fsp3) is 0.364. The SMILES string of the molecule is CS(=O)(=O)O.CS(=O)(=O)O.O.O.c1cc(C2CC2)c2cc(Nc3nc(NC4CC4)c4nc[nH]c4n3)ccc2n1. The van der Waals surface area contributed by atoms with Gasteiger partial charge in [0.15, 0.2) is 11.5 Å². The number of fused-ring (bicyclic) bond motifs is 2. The van der Waals surface area contributed by atoms with E-state index in [0.717, 1.165) is 28.2 Å². The van der Waals surface area contributed by atoms with Gasteiger partial charge in [-0.15, -0.1) is 0 Å². The zero-order valence-corrected chi connectivity index (χ0v) is 22.7. The summed E-state index contributed by atoms with van der Waals surface area (Å²) in [5, 5.41) is 8.02. The number of hydrogen-bond donors (Lipinski definition) is 5. The minimum Gasteiger partial charge on any atom is -0.412 e. The first-order valence-electron chi connectivity index (χ1n) is 11.3. The number of rotatable bonds is 5. The van der Waals surface area contributed by atoms with E-state index in [4.69, 9.17) is 9.11 Å². The molecule has 214 valence electrons. The van der Waals surface area contributed by atoms with Crippen molar-refractivity contribution in [3.8, 4) is 0 Å². The fourth-order valence-electron chi connectivity index (χ4n) is 3.54. The summed E-state index contributed by atoms with van der Waals surface area (Å²) in [6.07, 6.45) is 9.90. The summed E-state index contributed by atoms with van der Waals surface area (Å²) in [5.74, 6) is 2.02. The minimum absolute atomic E-state index is 0. The lowest BCUT2D eigenvalue weighted by Gasteiger charge is -2.10. The Morgan fingerprint density at radius 2 is 1.56 bits per heavy atom. The molecular formula is C22H31N7O8S2. The van der Waals surface area contributed by atoms with Crippen molar-refractivity contribution >= 4 is 59.8 Å². The molecule has 4 aromatic rings. The van der Waals surface area contributed by atoms with Gasteiger partial charge in [0.1, 0.15) is 5.52 Å².